The van der Waals surface area contributed by atoms with Crippen molar-refractivity contribution in [2.45, 2.75) is 6.54 Å². The molecule has 0 atom stereocenters. The molecule has 2 aromatic rings. The lowest BCUT2D eigenvalue weighted by Gasteiger charge is -2.16. The molecule has 0 saturated heterocycles. The van der Waals surface area contributed by atoms with E-state index in [1.54, 1.807) is 51.6 Å². The Balaban J connectivity index is 2.14. The van der Waals surface area contributed by atoms with Crippen molar-refractivity contribution in [3.63, 3.8) is 0 Å². The number of amides is 1. The highest BCUT2D eigenvalue weighted by atomic mass is 35.5. The Kier molecular flexibility index (Phi) is 6.42. The number of benzene rings is 2. The Bertz CT molecular complexity index is 772. The number of nitrogens with zero attached hydrogens (tertiary/aromatic N) is 1. The van der Waals surface area contributed by atoms with Crippen LogP contribution >= 0.6 is 11.6 Å². The van der Waals surface area contributed by atoms with Crippen molar-refractivity contribution in [2.75, 3.05) is 21.3 Å². The Labute approximate surface area is 151 Å². The van der Waals surface area contributed by atoms with Gasteiger partial charge in [0.25, 0.3) is 0 Å². The fourth-order valence-electron chi connectivity index (χ4n) is 2.26. The van der Waals surface area contributed by atoms with E-state index in [2.05, 4.69) is 0 Å². The molecule has 0 N–H and O–H groups in total. The van der Waals surface area contributed by atoms with Crippen molar-refractivity contribution < 1.29 is 18.7 Å². The number of hydrogen-bond acceptors (Lipinski definition) is 3. The van der Waals surface area contributed by atoms with E-state index in [9.17, 15) is 9.18 Å². The lowest BCUT2D eigenvalue weighted by atomic mass is 10.1. The quantitative estimate of drug-likeness (QED) is 0.723. The minimum Gasteiger partial charge on any atom is -0.497 e. The van der Waals surface area contributed by atoms with Gasteiger partial charge in [0, 0.05) is 35.8 Å². The molecule has 0 aliphatic heterocycles. The average molecular weight is 364 g/mol. The molecule has 0 aliphatic rings. The molecule has 0 radical (unpaired) electrons. The third-order valence-electron chi connectivity index (χ3n) is 3.68. The van der Waals surface area contributed by atoms with Gasteiger partial charge in [0.05, 0.1) is 14.2 Å². The monoisotopic (exact) mass is 363 g/mol. The summed E-state index contributed by atoms with van der Waals surface area (Å²) in [5.41, 5.74) is 0.986. The van der Waals surface area contributed by atoms with Crippen LogP contribution in [0.4, 0.5) is 4.39 Å². The zero-order chi connectivity index (χ0) is 18.4. The summed E-state index contributed by atoms with van der Waals surface area (Å²) in [5.74, 6) is 0.541. The van der Waals surface area contributed by atoms with E-state index < -0.39 is 5.82 Å². The van der Waals surface area contributed by atoms with Gasteiger partial charge in [-0.1, -0.05) is 17.7 Å². The normalized spacial score (nSPS) is 10.8. The molecule has 0 aromatic heterocycles. The van der Waals surface area contributed by atoms with Crippen molar-refractivity contribution in [1.82, 2.24) is 4.90 Å². The summed E-state index contributed by atoms with van der Waals surface area (Å²) in [6.45, 7) is 0.0733. The molecule has 0 saturated carbocycles. The van der Waals surface area contributed by atoms with E-state index in [1.807, 2.05) is 0 Å². The fraction of sp³-hybridized carbons (Fsp3) is 0.211. The SMILES string of the molecule is COc1ccc(OC)c(C=CC(=O)N(C)Cc2c(F)cccc2Cl)c1. The van der Waals surface area contributed by atoms with Crippen molar-refractivity contribution in [1.29, 1.82) is 0 Å². The van der Waals surface area contributed by atoms with Gasteiger partial charge in [-0.3, -0.25) is 4.79 Å². The van der Waals surface area contributed by atoms with Crippen LogP contribution in [-0.4, -0.2) is 32.1 Å². The van der Waals surface area contributed by atoms with E-state index in [0.717, 1.165) is 0 Å². The van der Waals surface area contributed by atoms with Crippen LogP contribution < -0.4 is 9.47 Å². The van der Waals surface area contributed by atoms with E-state index in [-0.39, 0.29) is 23.0 Å². The maximum Gasteiger partial charge on any atom is 0.246 e. The van der Waals surface area contributed by atoms with Crippen molar-refractivity contribution in [3.8, 4) is 11.5 Å². The molecule has 0 heterocycles. The molecule has 2 rings (SSSR count). The number of carbonyl (C=O) groups is 1. The standard InChI is InChI=1S/C19H19ClFNO3/c1-22(12-15-16(20)5-4-6-17(15)21)19(23)10-7-13-11-14(24-2)8-9-18(13)25-3/h4-11H,12H2,1-3H3. The summed E-state index contributed by atoms with van der Waals surface area (Å²) in [6, 6.07) is 9.72. The number of methoxy groups -OCH3 is 2. The summed E-state index contributed by atoms with van der Waals surface area (Å²) in [4.78, 5) is 13.7. The fourth-order valence-corrected chi connectivity index (χ4v) is 2.48. The highest BCUT2D eigenvalue weighted by Crippen LogP contribution is 2.25. The Morgan fingerprint density at radius 1 is 1.24 bits per heavy atom. The van der Waals surface area contributed by atoms with E-state index >= 15 is 0 Å². The molecule has 6 heteroatoms. The number of rotatable bonds is 6. The smallest absolute Gasteiger partial charge is 0.246 e. The van der Waals surface area contributed by atoms with Crippen LogP contribution in [0.2, 0.25) is 5.02 Å². The summed E-state index contributed by atoms with van der Waals surface area (Å²) < 4.78 is 24.3. The molecule has 4 nitrogen and oxygen atoms in total. The lowest BCUT2D eigenvalue weighted by molar-refractivity contribution is -0.125. The lowest BCUT2D eigenvalue weighted by Crippen LogP contribution is -2.24. The summed E-state index contributed by atoms with van der Waals surface area (Å²) in [5, 5.41) is 0.290. The highest BCUT2D eigenvalue weighted by Gasteiger charge is 2.13. The summed E-state index contributed by atoms with van der Waals surface area (Å²) >= 11 is 6.00. The van der Waals surface area contributed by atoms with Gasteiger partial charge >= 0.3 is 0 Å². The van der Waals surface area contributed by atoms with E-state index in [1.165, 1.54) is 23.1 Å². The first kappa shape index (κ1) is 18.8. The molecule has 0 spiro atoms. The minimum atomic E-state index is -0.439. The molecule has 2 aromatic carbocycles. The molecule has 25 heavy (non-hydrogen) atoms. The number of hydrogen-bond donors (Lipinski definition) is 0. The molecule has 0 bridgehead atoms. The first-order valence-electron chi connectivity index (χ1n) is 7.54. The van der Waals surface area contributed by atoms with Gasteiger partial charge in [0.1, 0.15) is 17.3 Å². The second kappa shape index (κ2) is 8.53. The van der Waals surface area contributed by atoms with Crippen LogP contribution in [-0.2, 0) is 11.3 Å². The van der Waals surface area contributed by atoms with E-state index in [4.69, 9.17) is 21.1 Å². The molecular formula is C19H19ClFNO3. The summed E-state index contributed by atoms with van der Waals surface area (Å²) in [7, 11) is 4.69. The number of likely N-dealkylation sites (N-methyl/N-ethyl adjacent to an activating group) is 1. The van der Waals surface area contributed by atoms with Gasteiger partial charge < -0.3 is 14.4 Å². The van der Waals surface area contributed by atoms with Gasteiger partial charge in [-0.25, -0.2) is 4.39 Å². The van der Waals surface area contributed by atoms with Crippen molar-refractivity contribution >= 4 is 23.6 Å². The van der Waals surface area contributed by atoms with Gasteiger partial charge in [0.15, 0.2) is 0 Å². The molecule has 0 unspecified atom stereocenters. The largest absolute Gasteiger partial charge is 0.497 e. The first-order chi connectivity index (χ1) is 12.0. The predicted octanol–water partition coefficient (Wildman–Crippen LogP) is 4.17. The second-order valence-corrected chi connectivity index (χ2v) is 5.74. The topological polar surface area (TPSA) is 38.8 Å². The maximum absolute atomic E-state index is 13.8. The Morgan fingerprint density at radius 3 is 2.64 bits per heavy atom. The number of carbonyl (C=O) groups excluding carboxylic acids is 1. The summed E-state index contributed by atoms with van der Waals surface area (Å²) in [6.07, 6.45) is 3.02. The zero-order valence-corrected chi connectivity index (χ0v) is 15.0. The third kappa shape index (κ3) is 4.73. The van der Waals surface area contributed by atoms with Gasteiger partial charge in [-0.2, -0.15) is 0 Å². The van der Waals surface area contributed by atoms with Crippen LogP contribution in [0.1, 0.15) is 11.1 Å². The van der Waals surface area contributed by atoms with Crippen LogP contribution in [0, 0.1) is 5.82 Å². The van der Waals surface area contributed by atoms with Crippen molar-refractivity contribution in [3.05, 3.63) is 64.4 Å². The highest BCUT2D eigenvalue weighted by molar-refractivity contribution is 6.31. The van der Waals surface area contributed by atoms with E-state index in [0.29, 0.717) is 17.1 Å². The molecule has 132 valence electrons. The zero-order valence-electron chi connectivity index (χ0n) is 14.3. The predicted molar refractivity (Wildman–Crippen MR) is 96.5 cm³/mol. The Morgan fingerprint density at radius 2 is 2.00 bits per heavy atom. The first-order valence-corrected chi connectivity index (χ1v) is 7.92. The van der Waals surface area contributed by atoms with Crippen LogP contribution in [0.15, 0.2) is 42.5 Å². The second-order valence-electron chi connectivity index (χ2n) is 5.34. The molecule has 0 aliphatic carbocycles. The number of ether oxygens (including phenoxy) is 2. The average Bonchev–Trinajstić information content (AvgIpc) is 2.62. The van der Waals surface area contributed by atoms with Crippen LogP contribution in [0.3, 0.4) is 0 Å². The molecule has 0 fully saturated rings. The van der Waals surface area contributed by atoms with Gasteiger partial charge in [-0.05, 0) is 36.4 Å². The Hall–Kier alpha value is -2.53. The minimum absolute atomic E-state index is 0.0733. The van der Waals surface area contributed by atoms with Crippen molar-refractivity contribution in [2.24, 2.45) is 0 Å². The number of halogens is 2. The van der Waals surface area contributed by atoms with Crippen LogP contribution in [0.25, 0.3) is 6.08 Å². The van der Waals surface area contributed by atoms with Gasteiger partial charge in [0.2, 0.25) is 5.91 Å². The van der Waals surface area contributed by atoms with Crippen LogP contribution in [0.5, 0.6) is 11.5 Å². The molecular weight excluding hydrogens is 345 g/mol. The molecule has 1 amide bonds. The maximum atomic E-state index is 13.8. The van der Waals surface area contributed by atoms with Gasteiger partial charge in [-0.15, -0.1) is 0 Å². The third-order valence-corrected chi connectivity index (χ3v) is 4.03.